The Balaban J connectivity index is 2.52. The average molecular weight is 162 g/mol. The molecule has 12 heavy (non-hydrogen) atoms. The van der Waals surface area contributed by atoms with Crippen molar-refractivity contribution >= 4 is 12.0 Å². The van der Waals surface area contributed by atoms with Gasteiger partial charge in [-0.25, -0.2) is 0 Å². The molecule has 1 rings (SSSR count). The lowest BCUT2D eigenvalue weighted by molar-refractivity contribution is -0.118. The van der Waals surface area contributed by atoms with E-state index in [-0.39, 0.29) is 5.91 Å². The molecule has 3 nitrogen and oxygen atoms in total. The van der Waals surface area contributed by atoms with E-state index < -0.39 is 0 Å². The van der Waals surface area contributed by atoms with Gasteiger partial charge in [-0.05, 0) is 18.2 Å². The van der Waals surface area contributed by atoms with Crippen LogP contribution in [0.1, 0.15) is 12.6 Å². The van der Waals surface area contributed by atoms with Gasteiger partial charge in [-0.3, -0.25) is 9.78 Å². The first-order valence-corrected chi connectivity index (χ1v) is 3.64. The minimum Gasteiger partial charge on any atom is -0.333 e. The summed E-state index contributed by atoms with van der Waals surface area (Å²) in [6.07, 6.45) is 5.01. The number of rotatable bonds is 2. The Hall–Kier alpha value is -1.64. The molecule has 1 aromatic heterocycles. The maximum atomic E-state index is 10.5. The summed E-state index contributed by atoms with van der Waals surface area (Å²) >= 11 is 0. The third kappa shape index (κ3) is 2.96. The zero-order valence-electron chi connectivity index (χ0n) is 6.82. The highest BCUT2D eigenvalue weighted by molar-refractivity contribution is 5.74. The third-order valence-corrected chi connectivity index (χ3v) is 1.23. The predicted molar refractivity (Wildman–Crippen MR) is 47.1 cm³/mol. The van der Waals surface area contributed by atoms with Crippen LogP contribution in [0.5, 0.6) is 0 Å². The first kappa shape index (κ1) is 8.46. The molecule has 0 aromatic carbocycles. The molecule has 0 radical (unpaired) electrons. The SMILES string of the molecule is CC(=O)N/C=C/c1ccccn1. The monoisotopic (exact) mass is 162 g/mol. The zero-order chi connectivity index (χ0) is 8.81. The van der Waals surface area contributed by atoms with Gasteiger partial charge in [-0.2, -0.15) is 0 Å². The molecule has 1 amide bonds. The van der Waals surface area contributed by atoms with Gasteiger partial charge >= 0.3 is 0 Å². The predicted octanol–water partition coefficient (Wildman–Crippen LogP) is 1.19. The van der Waals surface area contributed by atoms with E-state index in [1.165, 1.54) is 6.92 Å². The van der Waals surface area contributed by atoms with Gasteiger partial charge < -0.3 is 5.32 Å². The van der Waals surface area contributed by atoms with Gasteiger partial charge in [-0.1, -0.05) is 6.07 Å². The smallest absolute Gasteiger partial charge is 0.220 e. The van der Waals surface area contributed by atoms with Crippen molar-refractivity contribution in [3.63, 3.8) is 0 Å². The Labute approximate surface area is 71.1 Å². The van der Waals surface area contributed by atoms with E-state index in [0.29, 0.717) is 0 Å². The van der Waals surface area contributed by atoms with Crippen LogP contribution in [0.25, 0.3) is 6.08 Å². The standard InChI is InChI=1S/C9H10N2O/c1-8(12)10-7-5-9-4-2-3-6-11-9/h2-7H,1H3,(H,10,12)/b7-5+. The van der Waals surface area contributed by atoms with Gasteiger partial charge in [0, 0.05) is 19.3 Å². The van der Waals surface area contributed by atoms with Crippen molar-refractivity contribution in [3.8, 4) is 0 Å². The van der Waals surface area contributed by atoms with Crippen LogP contribution in [0.3, 0.4) is 0 Å². The van der Waals surface area contributed by atoms with E-state index in [1.807, 2.05) is 18.2 Å². The fourth-order valence-corrected chi connectivity index (χ4v) is 0.719. The van der Waals surface area contributed by atoms with E-state index in [1.54, 1.807) is 18.5 Å². The molecular formula is C9H10N2O. The van der Waals surface area contributed by atoms with Gasteiger partial charge in [0.05, 0.1) is 5.69 Å². The summed E-state index contributed by atoms with van der Waals surface area (Å²) in [6.45, 7) is 1.46. The molecule has 0 aliphatic heterocycles. The summed E-state index contributed by atoms with van der Waals surface area (Å²) in [4.78, 5) is 14.5. The van der Waals surface area contributed by atoms with Crippen LogP contribution in [0.4, 0.5) is 0 Å². The molecule has 0 bridgehead atoms. The van der Waals surface area contributed by atoms with Crippen molar-refractivity contribution in [3.05, 3.63) is 36.3 Å². The molecule has 0 unspecified atom stereocenters. The van der Waals surface area contributed by atoms with Crippen LogP contribution in [0, 0.1) is 0 Å². The Kier molecular flexibility index (Phi) is 3.02. The molecule has 0 fully saturated rings. The summed E-state index contributed by atoms with van der Waals surface area (Å²) < 4.78 is 0. The molecule has 0 saturated heterocycles. The van der Waals surface area contributed by atoms with Gasteiger partial charge in [0.15, 0.2) is 0 Å². The quantitative estimate of drug-likeness (QED) is 0.709. The van der Waals surface area contributed by atoms with Crippen LogP contribution in [-0.2, 0) is 4.79 Å². The molecular weight excluding hydrogens is 152 g/mol. The normalized spacial score (nSPS) is 10.1. The second-order valence-electron chi connectivity index (χ2n) is 2.29. The van der Waals surface area contributed by atoms with Gasteiger partial charge in [0.25, 0.3) is 0 Å². The van der Waals surface area contributed by atoms with E-state index in [9.17, 15) is 4.79 Å². The molecule has 62 valence electrons. The fraction of sp³-hybridized carbons (Fsp3) is 0.111. The van der Waals surface area contributed by atoms with Crippen molar-refractivity contribution in [2.75, 3.05) is 0 Å². The maximum absolute atomic E-state index is 10.5. The number of amides is 1. The van der Waals surface area contributed by atoms with E-state index >= 15 is 0 Å². The largest absolute Gasteiger partial charge is 0.333 e. The lowest BCUT2D eigenvalue weighted by Crippen LogP contribution is -2.11. The maximum Gasteiger partial charge on any atom is 0.220 e. The molecule has 0 aliphatic carbocycles. The van der Waals surface area contributed by atoms with Gasteiger partial charge in [0.2, 0.25) is 5.91 Å². The summed E-state index contributed by atoms with van der Waals surface area (Å²) in [6, 6.07) is 5.59. The highest BCUT2D eigenvalue weighted by Crippen LogP contribution is 1.94. The molecule has 1 N–H and O–H groups in total. The molecule has 0 saturated carbocycles. The highest BCUT2D eigenvalue weighted by Gasteiger charge is 1.84. The van der Waals surface area contributed by atoms with Crippen LogP contribution < -0.4 is 5.32 Å². The van der Waals surface area contributed by atoms with Crippen LogP contribution in [0.15, 0.2) is 30.6 Å². The van der Waals surface area contributed by atoms with Crippen molar-refractivity contribution < 1.29 is 4.79 Å². The summed E-state index contributed by atoms with van der Waals surface area (Å²) in [5.74, 6) is -0.0813. The molecule has 3 heteroatoms. The third-order valence-electron chi connectivity index (χ3n) is 1.23. The Morgan fingerprint density at radius 3 is 3.00 bits per heavy atom. The van der Waals surface area contributed by atoms with E-state index in [0.717, 1.165) is 5.69 Å². The number of hydrogen-bond acceptors (Lipinski definition) is 2. The minimum absolute atomic E-state index is 0.0813. The van der Waals surface area contributed by atoms with Crippen molar-refractivity contribution in [2.45, 2.75) is 6.92 Å². The van der Waals surface area contributed by atoms with Crippen LogP contribution in [-0.4, -0.2) is 10.9 Å². The number of carbonyl (C=O) groups excluding carboxylic acids is 1. The number of pyridine rings is 1. The molecule has 0 spiro atoms. The summed E-state index contributed by atoms with van der Waals surface area (Å²) in [5, 5.41) is 2.53. The molecule has 1 aromatic rings. The van der Waals surface area contributed by atoms with Crippen molar-refractivity contribution in [1.82, 2.24) is 10.3 Å². The fourth-order valence-electron chi connectivity index (χ4n) is 0.719. The average Bonchev–Trinajstić information content (AvgIpc) is 2.05. The van der Waals surface area contributed by atoms with E-state index in [2.05, 4.69) is 10.3 Å². The number of hydrogen-bond donors (Lipinski definition) is 1. The second-order valence-corrected chi connectivity index (χ2v) is 2.29. The zero-order valence-corrected chi connectivity index (χ0v) is 6.82. The van der Waals surface area contributed by atoms with Crippen LogP contribution in [0.2, 0.25) is 0 Å². The second kappa shape index (κ2) is 4.28. The number of carbonyl (C=O) groups is 1. The Morgan fingerprint density at radius 2 is 2.42 bits per heavy atom. The Bertz CT molecular complexity index is 280. The van der Waals surface area contributed by atoms with Gasteiger partial charge in [0.1, 0.15) is 0 Å². The molecule has 1 heterocycles. The number of nitrogens with zero attached hydrogens (tertiary/aromatic N) is 1. The Morgan fingerprint density at radius 1 is 1.58 bits per heavy atom. The first-order valence-electron chi connectivity index (χ1n) is 3.64. The van der Waals surface area contributed by atoms with Crippen molar-refractivity contribution in [2.24, 2.45) is 0 Å². The first-order chi connectivity index (χ1) is 5.79. The minimum atomic E-state index is -0.0813. The number of nitrogens with one attached hydrogen (secondary N) is 1. The topological polar surface area (TPSA) is 42.0 Å². The molecule has 0 aliphatic rings. The van der Waals surface area contributed by atoms with Crippen LogP contribution >= 0.6 is 0 Å². The van der Waals surface area contributed by atoms with Crippen molar-refractivity contribution in [1.29, 1.82) is 0 Å². The van der Waals surface area contributed by atoms with E-state index in [4.69, 9.17) is 0 Å². The van der Waals surface area contributed by atoms with Gasteiger partial charge in [-0.15, -0.1) is 0 Å². The lowest BCUT2D eigenvalue weighted by Gasteiger charge is -1.91. The highest BCUT2D eigenvalue weighted by atomic mass is 16.1. The molecule has 0 atom stereocenters. The lowest BCUT2D eigenvalue weighted by atomic mass is 10.3. The number of aromatic nitrogens is 1. The summed E-state index contributed by atoms with van der Waals surface area (Å²) in [7, 11) is 0. The summed E-state index contributed by atoms with van der Waals surface area (Å²) in [5.41, 5.74) is 0.825.